The number of hydrogen-bond acceptors (Lipinski definition) is 4. The van der Waals surface area contributed by atoms with Crippen molar-refractivity contribution in [2.75, 3.05) is 0 Å². The standard InChI is InChI=1S/C10H5ClF3N3O/c11-8-1-6(12)5(2-16-8)7-3-17-9(4-15-7)18-10(13)14/h1-4,10H. The third kappa shape index (κ3) is 2.86. The Hall–Kier alpha value is -1.89. The van der Waals surface area contributed by atoms with Crippen LogP contribution in [0.25, 0.3) is 11.3 Å². The van der Waals surface area contributed by atoms with Gasteiger partial charge in [0.2, 0.25) is 5.88 Å². The maximum Gasteiger partial charge on any atom is 0.388 e. The van der Waals surface area contributed by atoms with Crippen LogP contribution in [-0.4, -0.2) is 21.6 Å². The summed E-state index contributed by atoms with van der Waals surface area (Å²) in [4.78, 5) is 11.0. The first kappa shape index (κ1) is 12.6. The fraction of sp³-hybridized carbons (Fsp3) is 0.100. The summed E-state index contributed by atoms with van der Waals surface area (Å²) >= 11 is 5.50. The molecule has 2 aromatic rings. The molecule has 0 N–H and O–H groups in total. The summed E-state index contributed by atoms with van der Waals surface area (Å²) in [5.41, 5.74) is 0.203. The number of rotatable bonds is 3. The molecule has 2 aromatic heterocycles. The number of ether oxygens (including phenoxy) is 1. The summed E-state index contributed by atoms with van der Waals surface area (Å²) in [6, 6.07) is 1.02. The molecule has 0 amide bonds. The molecular weight excluding hydrogens is 271 g/mol. The number of halogens is 4. The second-order valence-electron chi connectivity index (χ2n) is 3.11. The predicted octanol–water partition coefficient (Wildman–Crippen LogP) is 2.93. The highest BCUT2D eigenvalue weighted by atomic mass is 35.5. The quantitative estimate of drug-likeness (QED) is 0.808. The lowest BCUT2D eigenvalue weighted by molar-refractivity contribution is -0.0530. The van der Waals surface area contributed by atoms with Gasteiger partial charge in [-0.3, -0.25) is 0 Å². The fourth-order valence-electron chi connectivity index (χ4n) is 1.20. The molecule has 0 saturated carbocycles. The first-order valence-corrected chi connectivity index (χ1v) is 5.02. The Kier molecular flexibility index (Phi) is 3.61. The Morgan fingerprint density at radius 3 is 2.44 bits per heavy atom. The predicted molar refractivity (Wildman–Crippen MR) is 56.9 cm³/mol. The van der Waals surface area contributed by atoms with E-state index in [1.54, 1.807) is 0 Å². The fourth-order valence-corrected chi connectivity index (χ4v) is 1.35. The van der Waals surface area contributed by atoms with Crippen molar-refractivity contribution in [2.24, 2.45) is 0 Å². The van der Waals surface area contributed by atoms with Crippen LogP contribution in [0.2, 0.25) is 5.15 Å². The molecule has 0 aromatic carbocycles. The van der Waals surface area contributed by atoms with Crippen molar-refractivity contribution in [1.29, 1.82) is 0 Å². The van der Waals surface area contributed by atoms with Crippen molar-refractivity contribution >= 4 is 11.6 Å². The smallest absolute Gasteiger partial charge is 0.388 e. The Labute approximate surface area is 104 Å². The van der Waals surface area contributed by atoms with E-state index < -0.39 is 12.4 Å². The Morgan fingerprint density at radius 1 is 1.11 bits per heavy atom. The lowest BCUT2D eigenvalue weighted by Gasteiger charge is -2.04. The van der Waals surface area contributed by atoms with Gasteiger partial charge >= 0.3 is 6.61 Å². The molecule has 0 fully saturated rings. The average Bonchev–Trinajstić information content (AvgIpc) is 2.30. The number of hydrogen-bond donors (Lipinski definition) is 0. The van der Waals surface area contributed by atoms with E-state index in [1.807, 2.05) is 0 Å². The van der Waals surface area contributed by atoms with E-state index in [9.17, 15) is 13.2 Å². The Morgan fingerprint density at radius 2 is 1.89 bits per heavy atom. The second-order valence-corrected chi connectivity index (χ2v) is 3.49. The van der Waals surface area contributed by atoms with Gasteiger partial charge < -0.3 is 4.74 Å². The third-order valence-corrected chi connectivity index (χ3v) is 2.14. The minimum atomic E-state index is -2.99. The average molecular weight is 276 g/mol. The maximum absolute atomic E-state index is 13.5. The Balaban J connectivity index is 2.28. The van der Waals surface area contributed by atoms with Crippen LogP contribution in [0.5, 0.6) is 5.88 Å². The van der Waals surface area contributed by atoms with Gasteiger partial charge in [-0.1, -0.05) is 11.6 Å². The van der Waals surface area contributed by atoms with Gasteiger partial charge in [0, 0.05) is 12.3 Å². The van der Waals surface area contributed by atoms with Crippen LogP contribution < -0.4 is 4.74 Å². The van der Waals surface area contributed by atoms with Gasteiger partial charge in [0.1, 0.15) is 11.0 Å². The van der Waals surface area contributed by atoms with Crippen molar-refractivity contribution in [1.82, 2.24) is 15.0 Å². The SMILES string of the molecule is Fc1cc(Cl)ncc1-c1cnc(OC(F)F)cn1. The lowest BCUT2D eigenvalue weighted by atomic mass is 10.2. The lowest BCUT2D eigenvalue weighted by Crippen LogP contribution is -2.04. The van der Waals surface area contributed by atoms with E-state index >= 15 is 0 Å². The number of alkyl halides is 2. The highest BCUT2D eigenvalue weighted by Crippen LogP contribution is 2.22. The molecule has 0 spiro atoms. The molecule has 4 nitrogen and oxygen atoms in total. The molecule has 2 rings (SSSR count). The molecule has 0 aliphatic heterocycles. The molecule has 0 aliphatic rings. The molecule has 0 aliphatic carbocycles. The van der Waals surface area contributed by atoms with Crippen molar-refractivity contribution in [2.45, 2.75) is 6.61 Å². The molecular formula is C10H5ClF3N3O. The van der Waals surface area contributed by atoms with Gasteiger partial charge in [-0.25, -0.2) is 19.3 Å². The van der Waals surface area contributed by atoms with Crippen molar-refractivity contribution in [3.05, 3.63) is 35.6 Å². The van der Waals surface area contributed by atoms with Crippen LogP contribution in [0.1, 0.15) is 0 Å². The largest absolute Gasteiger partial charge is 0.415 e. The van der Waals surface area contributed by atoms with E-state index in [2.05, 4.69) is 19.7 Å². The first-order valence-electron chi connectivity index (χ1n) is 4.64. The van der Waals surface area contributed by atoms with E-state index in [4.69, 9.17) is 11.6 Å². The number of pyridine rings is 1. The zero-order chi connectivity index (χ0) is 13.1. The minimum absolute atomic E-state index is 0.00173. The van der Waals surface area contributed by atoms with Crippen molar-refractivity contribution < 1.29 is 17.9 Å². The summed E-state index contributed by atoms with van der Waals surface area (Å²) in [6.45, 7) is -2.99. The van der Waals surface area contributed by atoms with Crippen molar-refractivity contribution in [3.8, 4) is 17.1 Å². The van der Waals surface area contributed by atoms with Crippen molar-refractivity contribution in [3.63, 3.8) is 0 Å². The summed E-state index contributed by atoms with van der Waals surface area (Å²) in [5, 5.41) is 0.00173. The topological polar surface area (TPSA) is 47.9 Å². The molecule has 0 atom stereocenters. The van der Waals surface area contributed by atoms with Gasteiger partial charge in [0.05, 0.1) is 23.7 Å². The summed E-state index contributed by atoms with van der Waals surface area (Å²) < 4.78 is 41.3. The molecule has 0 radical (unpaired) electrons. The molecule has 94 valence electrons. The molecule has 2 heterocycles. The molecule has 8 heteroatoms. The Bertz CT molecular complexity index is 551. The van der Waals surface area contributed by atoms with Gasteiger partial charge in [-0.2, -0.15) is 8.78 Å². The minimum Gasteiger partial charge on any atom is -0.415 e. The zero-order valence-corrected chi connectivity index (χ0v) is 9.40. The van der Waals surface area contributed by atoms with Gasteiger partial charge in [0.25, 0.3) is 0 Å². The van der Waals surface area contributed by atoms with Crippen LogP contribution >= 0.6 is 11.6 Å². The zero-order valence-electron chi connectivity index (χ0n) is 8.65. The van der Waals surface area contributed by atoms with Gasteiger partial charge in [0.15, 0.2) is 0 Å². The van der Waals surface area contributed by atoms with Crippen LogP contribution in [0.3, 0.4) is 0 Å². The first-order chi connectivity index (χ1) is 8.56. The normalized spacial score (nSPS) is 10.7. The third-order valence-electron chi connectivity index (χ3n) is 1.93. The van der Waals surface area contributed by atoms with Crippen LogP contribution in [0, 0.1) is 5.82 Å². The van der Waals surface area contributed by atoms with Crippen LogP contribution in [-0.2, 0) is 0 Å². The van der Waals surface area contributed by atoms with Crippen LogP contribution in [0.15, 0.2) is 24.7 Å². The van der Waals surface area contributed by atoms with E-state index in [0.717, 1.165) is 18.5 Å². The maximum atomic E-state index is 13.5. The van der Waals surface area contributed by atoms with Crippen LogP contribution in [0.4, 0.5) is 13.2 Å². The summed E-state index contributed by atoms with van der Waals surface area (Å²) in [5.74, 6) is -0.983. The van der Waals surface area contributed by atoms with E-state index in [-0.39, 0.29) is 22.3 Å². The van der Waals surface area contributed by atoms with E-state index in [1.165, 1.54) is 6.20 Å². The molecule has 0 saturated heterocycles. The van der Waals surface area contributed by atoms with Gasteiger partial charge in [-0.15, -0.1) is 0 Å². The van der Waals surface area contributed by atoms with E-state index in [0.29, 0.717) is 0 Å². The highest BCUT2D eigenvalue weighted by molar-refractivity contribution is 6.29. The molecule has 18 heavy (non-hydrogen) atoms. The van der Waals surface area contributed by atoms with Gasteiger partial charge in [-0.05, 0) is 0 Å². The molecule has 0 unspecified atom stereocenters. The highest BCUT2D eigenvalue weighted by Gasteiger charge is 2.10. The number of aromatic nitrogens is 3. The summed E-state index contributed by atoms with van der Waals surface area (Å²) in [7, 11) is 0. The second kappa shape index (κ2) is 5.18. The summed E-state index contributed by atoms with van der Waals surface area (Å²) in [6.07, 6.45) is 3.25. The molecule has 0 bridgehead atoms. The monoisotopic (exact) mass is 275 g/mol. The number of nitrogens with zero attached hydrogens (tertiary/aromatic N) is 3.